The minimum atomic E-state index is 0.455. The van der Waals surface area contributed by atoms with Crippen LogP contribution < -0.4 is 0 Å². The van der Waals surface area contributed by atoms with Crippen molar-refractivity contribution in [1.29, 1.82) is 0 Å². The van der Waals surface area contributed by atoms with Crippen LogP contribution in [0.25, 0.3) is 11.2 Å². The first-order chi connectivity index (χ1) is 8.79. The Morgan fingerprint density at radius 1 is 1.56 bits per heavy atom. The molecule has 3 rings (SSSR count). The van der Waals surface area contributed by atoms with Gasteiger partial charge in [-0.15, -0.1) is 11.6 Å². The molecule has 0 spiro atoms. The van der Waals surface area contributed by atoms with E-state index in [1.54, 1.807) is 0 Å². The number of nitrogens with zero attached hydrogens (tertiary/aromatic N) is 3. The van der Waals surface area contributed by atoms with Crippen LogP contribution in [0.2, 0.25) is 0 Å². The normalized spacial score (nSPS) is 20.4. The highest BCUT2D eigenvalue weighted by atomic mass is 35.5. The number of rotatable bonds is 2. The van der Waals surface area contributed by atoms with Crippen molar-refractivity contribution in [3.8, 4) is 0 Å². The van der Waals surface area contributed by atoms with Gasteiger partial charge >= 0.3 is 0 Å². The van der Waals surface area contributed by atoms with Gasteiger partial charge in [0.05, 0.1) is 5.88 Å². The zero-order valence-corrected chi connectivity index (χ0v) is 12.0. The van der Waals surface area contributed by atoms with Crippen molar-refractivity contribution in [3.05, 3.63) is 23.7 Å². The van der Waals surface area contributed by atoms with Gasteiger partial charge in [-0.3, -0.25) is 0 Å². The van der Waals surface area contributed by atoms with Crippen molar-refractivity contribution < 1.29 is 0 Å². The second kappa shape index (κ2) is 5.10. The third kappa shape index (κ3) is 2.12. The molecule has 2 aromatic rings. The van der Waals surface area contributed by atoms with E-state index in [4.69, 9.17) is 11.6 Å². The van der Waals surface area contributed by atoms with Crippen LogP contribution in [0.15, 0.2) is 12.3 Å². The van der Waals surface area contributed by atoms with Gasteiger partial charge in [0, 0.05) is 18.0 Å². The molecule has 3 nitrogen and oxygen atoms in total. The van der Waals surface area contributed by atoms with Gasteiger partial charge in [0.1, 0.15) is 11.3 Å². The zero-order chi connectivity index (χ0) is 12.5. The number of thioether (sulfide) groups is 1. The molecular formula is C13H16ClN3S. The highest BCUT2D eigenvalue weighted by Crippen LogP contribution is 2.31. The van der Waals surface area contributed by atoms with Gasteiger partial charge in [0.2, 0.25) is 0 Å². The molecule has 1 fully saturated rings. The molecule has 3 heterocycles. The van der Waals surface area contributed by atoms with Gasteiger partial charge in [-0.25, -0.2) is 9.97 Å². The summed E-state index contributed by atoms with van der Waals surface area (Å²) >= 11 is 8.06. The number of hydrogen-bond acceptors (Lipinski definition) is 3. The minimum Gasteiger partial charge on any atom is -0.308 e. The smallest absolute Gasteiger partial charge is 0.160 e. The molecule has 5 heteroatoms. The molecule has 0 aromatic carbocycles. The molecule has 1 aliphatic rings. The Labute approximate surface area is 116 Å². The van der Waals surface area contributed by atoms with Gasteiger partial charge in [0.15, 0.2) is 5.65 Å². The number of alkyl halides is 1. The number of pyridine rings is 1. The molecule has 2 aromatic heterocycles. The maximum absolute atomic E-state index is 6.04. The summed E-state index contributed by atoms with van der Waals surface area (Å²) in [5, 5.41) is 0. The molecule has 0 aliphatic carbocycles. The molecule has 0 radical (unpaired) electrons. The molecule has 0 N–H and O–H groups in total. The molecule has 1 atom stereocenters. The summed E-state index contributed by atoms with van der Waals surface area (Å²) in [5.41, 5.74) is 3.11. The third-order valence-electron chi connectivity index (χ3n) is 3.36. The lowest BCUT2D eigenvalue weighted by molar-refractivity contribution is 0.497. The summed E-state index contributed by atoms with van der Waals surface area (Å²) in [6.07, 6.45) is 4.38. The molecule has 18 heavy (non-hydrogen) atoms. The van der Waals surface area contributed by atoms with Crippen LogP contribution in [0.5, 0.6) is 0 Å². The quantitative estimate of drug-likeness (QED) is 0.789. The largest absolute Gasteiger partial charge is 0.308 e. The Morgan fingerprint density at radius 3 is 3.17 bits per heavy atom. The maximum atomic E-state index is 6.04. The van der Waals surface area contributed by atoms with Crippen LogP contribution in [0.1, 0.15) is 30.3 Å². The SMILES string of the molecule is Cc1cnc2c(c1)nc(CCl)n2C1CCCSC1. The fourth-order valence-electron chi connectivity index (χ4n) is 2.53. The van der Waals surface area contributed by atoms with Crippen molar-refractivity contribution >= 4 is 34.5 Å². The van der Waals surface area contributed by atoms with E-state index in [9.17, 15) is 0 Å². The monoisotopic (exact) mass is 281 g/mol. The van der Waals surface area contributed by atoms with Gasteiger partial charge in [-0.05, 0) is 37.1 Å². The first-order valence-electron chi connectivity index (χ1n) is 6.27. The Hall–Kier alpha value is -0.740. The summed E-state index contributed by atoms with van der Waals surface area (Å²) in [6, 6.07) is 2.59. The van der Waals surface area contributed by atoms with Gasteiger partial charge in [-0.1, -0.05) is 0 Å². The fourth-order valence-corrected chi connectivity index (χ4v) is 3.85. The first kappa shape index (κ1) is 12.3. The molecule has 0 amide bonds. The Balaban J connectivity index is 2.12. The Morgan fingerprint density at radius 2 is 2.44 bits per heavy atom. The number of halogens is 1. The highest BCUT2D eigenvalue weighted by molar-refractivity contribution is 7.99. The van der Waals surface area contributed by atoms with E-state index in [-0.39, 0.29) is 0 Å². The van der Waals surface area contributed by atoms with Crippen LogP contribution in [-0.2, 0) is 5.88 Å². The lowest BCUT2D eigenvalue weighted by Crippen LogP contribution is -2.18. The summed E-state index contributed by atoms with van der Waals surface area (Å²) < 4.78 is 2.26. The molecule has 1 saturated heterocycles. The Kier molecular flexibility index (Phi) is 3.48. The van der Waals surface area contributed by atoms with E-state index in [2.05, 4.69) is 20.6 Å². The highest BCUT2D eigenvalue weighted by Gasteiger charge is 2.21. The van der Waals surface area contributed by atoms with Crippen molar-refractivity contribution in [2.75, 3.05) is 11.5 Å². The van der Waals surface area contributed by atoms with Crippen molar-refractivity contribution in [2.45, 2.75) is 31.7 Å². The molecule has 1 unspecified atom stereocenters. The van der Waals surface area contributed by atoms with Crippen molar-refractivity contribution in [1.82, 2.24) is 14.5 Å². The summed E-state index contributed by atoms with van der Waals surface area (Å²) in [4.78, 5) is 9.18. The fraction of sp³-hybridized carbons (Fsp3) is 0.538. The Bertz CT molecular complexity index is 561. The first-order valence-corrected chi connectivity index (χ1v) is 7.95. The standard InChI is InChI=1S/C13H16ClN3S/c1-9-5-11-13(15-7-9)17(12(6-14)16-11)10-3-2-4-18-8-10/h5,7,10H,2-4,6,8H2,1H3. The van der Waals surface area contributed by atoms with Crippen LogP contribution in [0.3, 0.4) is 0 Å². The average molecular weight is 282 g/mol. The number of hydrogen-bond donors (Lipinski definition) is 0. The predicted molar refractivity (Wildman–Crippen MR) is 77.4 cm³/mol. The van der Waals surface area contributed by atoms with E-state index in [0.717, 1.165) is 28.3 Å². The van der Waals surface area contributed by atoms with Crippen molar-refractivity contribution in [2.24, 2.45) is 0 Å². The van der Waals surface area contributed by atoms with Gasteiger partial charge in [-0.2, -0.15) is 11.8 Å². The van der Waals surface area contributed by atoms with E-state index >= 15 is 0 Å². The number of fused-ring (bicyclic) bond motifs is 1. The van der Waals surface area contributed by atoms with Gasteiger partial charge < -0.3 is 4.57 Å². The molecule has 1 aliphatic heterocycles. The van der Waals surface area contributed by atoms with Gasteiger partial charge in [0.25, 0.3) is 0 Å². The zero-order valence-electron chi connectivity index (χ0n) is 10.4. The molecule has 96 valence electrons. The average Bonchev–Trinajstić information content (AvgIpc) is 2.77. The summed E-state index contributed by atoms with van der Waals surface area (Å²) in [7, 11) is 0. The van der Waals surface area contributed by atoms with Crippen LogP contribution >= 0.6 is 23.4 Å². The topological polar surface area (TPSA) is 30.7 Å². The lowest BCUT2D eigenvalue weighted by atomic mass is 10.2. The summed E-state index contributed by atoms with van der Waals surface area (Å²) in [6.45, 7) is 2.04. The van der Waals surface area contributed by atoms with Crippen molar-refractivity contribution in [3.63, 3.8) is 0 Å². The second-order valence-electron chi connectivity index (χ2n) is 4.76. The third-order valence-corrected chi connectivity index (χ3v) is 4.80. The number of imidazole rings is 1. The molecule has 0 saturated carbocycles. The second-order valence-corrected chi connectivity index (χ2v) is 6.18. The van der Waals surface area contributed by atoms with Crippen LogP contribution in [0, 0.1) is 6.92 Å². The van der Waals surface area contributed by atoms with E-state index in [1.807, 2.05) is 24.9 Å². The summed E-state index contributed by atoms with van der Waals surface area (Å²) in [5.74, 6) is 3.82. The molecular weight excluding hydrogens is 266 g/mol. The number of aromatic nitrogens is 3. The van der Waals surface area contributed by atoms with Crippen LogP contribution in [0.4, 0.5) is 0 Å². The molecule has 0 bridgehead atoms. The van der Waals surface area contributed by atoms with E-state index < -0.39 is 0 Å². The lowest BCUT2D eigenvalue weighted by Gasteiger charge is -2.24. The van der Waals surface area contributed by atoms with Crippen LogP contribution in [-0.4, -0.2) is 26.0 Å². The maximum Gasteiger partial charge on any atom is 0.160 e. The minimum absolute atomic E-state index is 0.455. The predicted octanol–water partition coefficient (Wildman–Crippen LogP) is 3.55. The van der Waals surface area contributed by atoms with E-state index in [0.29, 0.717) is 11.9 Å². The van der Waals surface area contributed by atoms with E-state index in [1.165, 1.54) is 18.6 Å². The number of aryl methyl sites for hydroxylation is 1.